The fraction of sp³-hybridized carbons (Fsp3) is 0.571. The molecular formula is C14H22N4O2. The van der Waals surface area contributed by atoms with E-state index in [1.807, 2.05) is 14.1 Å². The molecule has 1 aliphatic rings. The maximum atomic E-state index is 12.5. The highest BCUT2D eigenvalue weighted by molar-refractivity contribution is 5.72. The molecule has 1 aliphatic heterocycles. The van der Waals surface area contributed by atoms with Crippen LogP contribution in [0.2, 0.25) is 0 Å². The summed E-state index contributed by atoms with van der Waals surface area (Å²) in [4.78, 5) is 25.7. The Bertz CT molecular complexity index is 563. The van der Waals surface area contributed by atoms with E-state index < -0.39 is 0 Å². The minimum atomic E-state index is -0.124. The first-order chi connectivity index (χ1) is 9.49. The third kappa shape index (κ3) is 3.19. The van der Waals surface area contributed by atoms with Crippen LogP contribution in [0.3, 0.4) is 0 Å². The molecule has 6 nitrogen and oxygen atoms in total. The Kier molecular flexibility index (Phi) is 4.44. The molecule has 20 heavy (non-hydrogen) atoms. The van der Waals surface area contributed by atoms with Gasteiger partial charge in [0.2, 0.25) is 5.91 Å². The molecule has 1 aromatic heterocycles. The number of nitrogens with one attached hydrogen (secondary N) is 2. The Balaban J connectivity index is 2.34. The van der Waals surface area contributed by atoms with Gasteiger partial charge in [-0.1, -0.05) is 0 Å². The molecule has 2 N–H and O–H groups in total. The van der Waals surface area contributed by atoms with Crippen molar-refractivity contribution in [1.29, 1.82) is 0 Å². The number of aromatic nitrogens is 1. The zero-order chi connectivity index (χ0) is 14.7. The van der Waals surface area contributed by atoms with E-state index in [4.69, 9.17) is 0 Å². The van der Waals surface area contributed by atoms with Crippen molar-refractivity contribution in [2.45, 2.75) is 26.3 Å². The quantitative estimate of drug-likeness (QED) is 0.775. The molecule has 0 aliphatic carbocycles. The molecule has 1 amide bonds. The summed E-state index contributed by atoms with van der Waals surface area (Å²) in [6, 6.07) is 2.09. The molecule has 110 valence electrons. The van der Waals surface area contributed by atoms with Crippen LogP contribution in [-0.2, 0) is 24.2 Å². The summed E-state index contributed by atoms with van der Waals surface area (Å²) in [5.74, 6) is -0.124. The van der Waals surface area contributed by atoms with Gasteiger partial charge in [0.1, 0.15) is 0 Å². The molecule has 0 saturated heterocycles. The van der Waals surface area contributed by atoms with Crippen LogP contribution in [0, 0.1) is 0 Å². The lowest BCUT2D eigenvalue weighted by Crippen LogP contribution is -2.34. The highest BCUT2D eigenvalue weighted by Crippen LogP contribution is 2.12. The maximum absolute atomic E-state index is 12.5. The second-order valence-electron chi connectivity index (χ2n) is 5.40. The number of carbonyl (C=O) groups excluding carboxylic acids is 1. The number of amides is 1. The molecule has 0 fully saturated rings. The van der Waals surface area contributed by atoms with E-state index in [1.165, 1.54) is 6.92 Å². The summed E-state index contributed by atoms with van der Waals surface area (Å²) in [6.45, 7) is 3.41. The lowest BCUT2D eigenvalue weighted by Gasteiger charge is -2.15. The first kappa shape index (κ1) is 14.6. The third-order valence-electron chi connectivity index (χ3n) is 3.47. The number of hydrogen-bond donors (Lipinski definition) is 2. The lowest BCUT2D eigenvalue weighted by molar-refractivity contribution is -0.119. The summed E-state index contributed by atoms with van der Waals surface area (Å²) in [7, 11) is 4.02. The molecule has 0 unspecified atom stereocenters. The van der Waals surface area contributed by atoms with Crippen molar-refractivity contribution in [3.63, 3.8) is 0 Å². The molecule has 0 radical (unpaired) electrons. The average Bonchev–Trinajstić information content (AvgIpc) is 2.83. The van der Waals surface area contributed by atoms with Gasteiger partial charge in [-0.05, 0) is 32.1 Å². The SMILES string of the molecule is CC(=O)NCc1c(CCN(C)C)cc2n(c1=O)NCC2. The number of hydrogen-bond acceptors (Lipinski definition) is 4. The summed E-state index contributed by atoms with van der Waals surface area (Å²) >= 11 is 0. The Labute approximate surface area is 118 Å². The lowest BCUT2D eigenvalue weighted by atomic mass is 10.0. The van der Waals surface area contributed by atoms with Crippen molar-refractivity contribution in [2.24, 2.45) is 0 Å². The molecule has 0 aromatic carbocycles. The van der Waals surface area contributed by atoms with Crippen LogP contribution in [0.1, 0.15) is 23.7 Å². The van der Waals surface area contributed by atoms with E-state index >= 15 is 0 Å². The van der Waals surface area contributed by atoms with Gasteiger partial charge >= 0.3 is 0 Å². The number of nitrogens with zero attached hydrogens (tertiary/aromatic N) is 2. The van der Waals surface area contributed by atoms with Crippen molar-refractivity contribution in [3.8, 4) is 0 Å². The summed E-state index contributed by atoms with van der Waals surface area (Å²) in [5, 5.41) is 2.73. The van der Waals surface area contributed by atoms with E-state index in [1.54, 1.807) is 4.68 Å². The van der Waals surface area contributed by atoms with Crippen LogP contribution >= 0.6 is 0 Å². The number of carbonyl (C=O) groups is 1. The minimum Gasteiger partial charge on any atom is -0.352 e. The Morgan fingerprint density at radius 1 is 1.50 bits per heavy atom. The number of pyridine rings is 1. The van der Waals surface area contributed by atoms with Gasteiger partial charge < -0.3 is 15.6 Å². The van der Waals surface area contributed by atoms with Gasteiger partial charge in [-0.2, -0.15) is 0 Å². The molecule has 1 aromatic rings. The second kappa shape index (κ2) is 6.09. The summed E-state index contributed by atoms with van der Waals surface area (Å²) in [6.07, 6.45) is 1.68. The Hall–Kier alpha value is -1.82. The van der Waals surface area contributed by atoms with Gasteiger partial charge in [0, 0.05) is 44.2 Å². The highest BCUT2D eigenvalue weighted by atomic mass is 16.1. The predicted octanol–water partition coefficient (Wildman–Crippen LogP) is -0.312. The molecule has 0 atom stereocenters. The largest absolute Gasteiger partial charge is 0.352 e. The molecule has 0 bridgehead atoms. The number of rotatable bonds is 5. The minimum absolute atomic E-state index is 0.0393. The Morgan fingerprint density at radius 2 is 2.25 bits per heavy atom. The van der Waals surface area contributed by atoms with Gasteiger partial charge in [0.25, 0.3) is 5.56 Å². The van der Waals surface area contributed by atoms with Crippen LogP contribution in [0.25, 0.3) is 0 Å². The van der Waals surface area contributed by atoms with E-state index in [9.17, 15) is 9.59 Å². The Morgan fingerprint density at radius 3 is 2.90 bits per heavy atom. The highest BCUT2D eigenvalue weighted by Gasteiger charge is 2.18. The second-order valence-corrected chi connectivity index (χ2v) is 5.40. The smallest absolute Gasteiger partial charge is 0.274 e. The first-order valence-electron chi connectivity index (χ1n) is 6.88. The standard InChI is InChI=1S/C14H22N4O2/c1-10(19)15-9-13-11(5-7-17(2)3)8-12-4-6-16-18(12)14(13)20/h8,16H,4-7,9H2,1-3H3,(H,15,19). The van der Waals surface area contributed by atoms with Crippen molar-refractivity contribution in [3.05, 3.63) is 33.2 Å². The molecule has 6 heteroatoms. The van der Waals surface area contributed by atoms with Gasteiger partial charge in [-0.25, -0.2) is 4.68 Å². The number of fused-ring (bicyclic) bond motifs is 1. The fourth-order valence-electron chi connectivity index (χ4n) is 2.38. The molecular weight excluding hydrogens is 256 g/mol. The van der Waals surface area contributed by atoms with Crippen LogP contribution in [0.5, 0.6) is 0 Å². The zero-order valence-corrected chi connectivity index (χ0v) is 12.3. The predicted molar refractivity (Wildman–Crippen MR) is 78.4 cm³/mol. The van der Waals surface area contributed by atoms with Crippen molar-refractivity contribution in [1.82, 2.24) is 14.9 Å². The van der Waals surface area contributed by atoms with Crippen LogP contribution < -0.4 is 16.3 Å². The van der Waals surface area contributed by atoms with E-state index in [-0.39, 0.29) is 11.5 Å². The fourth-order valence-corrected chi connectivity index (χ4v) is 2.38. The summed E-state index contributed by atoms with van der Waals surface area (Å²) < 4.78 is 1.61. The van der Waals surface area contributed by atoms with Crippen molar-refractivity contribution in [2.75, 3.05) is 32.6 Å². The van der Waals surface area contributed by atoms with Gasteiger partial charge in [-0.3, -0.25) is 9.59 Å². The molecule has 0 saturated carbocycles. The molecule has 2 rings (SSSR count). The molecule has 0 spiro atoms. The van der Waals surface area contributed by atoms with E-state index in [0.717, 1.165) is 37.2 Å². The normalized spacial score (nSPS) is 13.2. The third-order valence-corrected chi connectivity index (χ3v) is 3.47. The topological polar surface area (TPSA) is 66.4 Å². The van der Waals surface area contributed by atoms with Gasteiger partial charge in [-0.15, -0.1) is 0 Å². The van der Waals surface area contributed by atoms with Crippen molar-refractivity contribution < 1.29 is 4.79 Å². The average molecular weight is 278 g/mol. The first-order valence-corrected chi connectivity index (χ1v) is 6.88. The van der Waals surface area contributed by atoms with E-state index in [0.29, 0.717) is 12.1 Å². The molecule has 2 heterocycles. The maximum Gasteiger partial charge on any atom is 0.274 e. The monoisotopic (exact) mass is 278 g/mol. The van der Waals surface area contributed by atoms with Crippen LogP contribution in [0.4, 0.5) is 0 Å². The van der Waals surface area contributed by atoms with Gasteiger partial charge in [0.05, 0.1) is 0 Å². The van der Waals surface area contributed by atoms with E-state index in [2.05, 4.69) is 21.7 Å². The van der Waals surface area contributed by atoms with Gasteiger partial charge in [0.15, 0.2) is 0 Å². The number of likely N-dealkylation sites (N-methyl/N-ethyl adjacent to an activating group) is 1. The summed E-state index contributed by atoms with van der Waals surface area (Å²) in [5.41, 5.74) is 5.77. The van der Waals surface area contributed by atoms with Crippen molar-refractivity contribution >= 4 is 5.91 Å². The van der Waals surface area contributed by atoms with Crippen LogP contribution in [-0.4, -0.2) is 42.7 Å². The van der Waals surface area contributed by atoms with Crippen LogP contribution in [0.15, 0.2) is 10.9 Å². The zero-order valence-electron chi connectivity index (χ0n) is 12.3.